The first kappa shape index (κ1) is 13.1. The Hall–Kier alpha value is -1.30. The predicted molar refractivity (Wildman–Crippen MR) is 72.0 cm³/mol. The van der Waals surface area contributed by atoms with Gasteiger partial charge >= 0.3 is 0 Å². The van der Waals surface area contributed by atoms with Gasteiger partial charge in [0.05, 0.1) is 11.6 Å². The third kappa shape index (κ3) is 2.93. The number of hydrogen-bond acceptors (Lipinski definition) is 3. The Labute approximate surface area is 114 Å². The highest BCUT2D eigenvalue weighted by molar-refractivity contribution is 7.08. The smallest absolute Gasteiger partial charge is 0.267 e. The molecule has 18 heavy (non-hydrogen) atoms. The quantitative estimate of drug-likeness (QED) is 0.807. The topological polar surface area (TPSA) is 65.1 Å². The zero-order valence-corrected chi connectivity index (χ0v) is 11.3. The summed E-state index contributed by atoms with van der Waals surface area (Å²) in [5.74, 6) is -0.294. The van der Waals surface area contributed by atoms with Gasteiger partial charge in [0.15, 0.2) is 0 Å². The lowest BCUT2D eigenvalue weighted by atomic mass is 9.99. The number of aliphatic hydroxyl groups is 1. The van der Waals surface area contributed by atoms with Gasteiger partial charge < -0.3 is 15.4 Å². The second-order valence-corrected chi connectivity index (χ2v) is 5.42. The number of carbonyl (C=O) groups is 1. The molecule has 2 aromatic rings. The average molecular weight is 285 g/mol. The van der Waals surface area contributed by atoms with Crippen molar-refractivity contribution >= 4 is 28.8 Å². The number of nitrogens with one attached hydrogen (secondary N) is 2. The Morgan fingerprint density at radius 2 is 2.44 bits per heavy atom. The molecular weight excluding hydrogens is 272 g/mol. The van der Waals surface area contributed by atoms with Crippen molar-refractivity contribution in [3.8, 4) is 0 Å². The van der Waals surface area contributed by atoms with Crippen LogP contribution in [-0.4, -0.2) is 22.5 Å². The Balaban J connectivity index is 1.98. The summed E-state index contributed by atoms with van der Waals surface area (Å²) in [5.41, 5.74) is 0.0879. The van der Waals surface area contributed by atoms with Crippen molar-refractivity contribution in [1.82, 2.24) is 10.3 Å². The molecule has 0 spiro atoms. The summed E-state index contributed by atoms with van der Waals surface area (Å²) >= 11 is 7.22. The van der Waals surface area contributed by atoms with Crippen LogP contribution >= 0.6 is 22.9 Å². The largest absolute Gasteiger partial charge is 0.384 e. The highest BCUT2D eigenvalue weighted by Gasteiger charge is 2.24. The fourth-order valence-corrected chi connectivity index (χ4v) is 2.47. The van der Waals surface area contributed by atoms with Crippen molar-refractivity contribution in [2.45, 2.75) is 12.5 Å². The molecule has 0 saturated carbocycles. The molecular formula is C12H13ClN2O2S. The maximum Gasteiger partial charge on any atom is 0.267 e. The Morgan fingerprint density at radius 1 is 1.67 bits per heavy atom. The van der Waals surface area contributed by atoms with Crippen molar-refractivity contribution in [2.24, 2.45) is 0 Å². The molecule has 1 amide bonds. The van der Waals surface area contributed by atoms with Gasteiger partial charge in [-0.15, -0.1) is 0 Å². The van der Waals surface area contributed by atoms with E-state index >= 15 is 0 Å². The van der Waals surface area contributed by atoms with Crippen molar-refractivity contribution in [3.05, 3.63) is 45.4 Å². The molecule has 2 heterocycles. The number of carbonyl (C=O) groups excluding carboxylic acids is 1. The van der Waals surface area contributed by atoms with Crippen LogP contribution in [0.5, 0.6) is 0 Å². The monoisotopic (exact) mass is 284 g/mol. The maximum absolute atomic E-state index is 11.8. The molecule has 4 nitrogen and oxygen atoms in total. The van der Waals surface area contributed by atoms with Gasteiger partial charge in [0.2, 0.25) is 0 Å². The first-order valence-corrected chi connectivity index (χ1v) is 6.68. The molecule has 6 heteroatoms. The van der Waals surface area contributed by atoms with Gasteiger partial charge in [0.1, 0.15) is 11.3 Å². The first-order valence-electron chi connectivity index (χ1n) is 5.36. The van der Waals surface area contributed by atoms with E-state index in [1.165, 1.54) is 23.6 Å². The summed E-state index contributed by atoms with van der Waals surface area (Å²) in [5, 5.41) is 17.1. The predicted octanol–water partition coefficient (Wildman–Crippen LogP) is 2.37. The molecule has 0 aliphatic heterocycles. The Morgan fingerprint density at radius 3 is 3.00 bits per heavy atom. The lowest BCUT2D eigenvalue weighted by Crippen LogP contribution is -2.38. The van der Waals surface area contributed by atoms with Crippen molar-refractivity contribution in [1.29, 1.82) is 0 Å². The van der Waals surface area contributed by atoms with Gasteiger partial charge in [-0.2, -0.15) is 11.3 Å². The summed E-state index contributed by atoms with van der Waals surface area (Å²) in [7, 11) is 0. The minimum Gasteiger partial charge on any atom is -0.384 e. The van der Waals surface area contributed by atoms with Gasteiger partial charge in [0, 0.05) is 6.20 Å². The molecule has 0 aliphatic rings. The zero-order chi connectivity index (χ0) is 13.2. The van der Waals surface area contributed by atoms with E-state index in [2.05, 4.69) is 10.3 Å². The summed E-state index contributed by atoms with van der Waals surface area (Å²) in [4.78, 5) is 14.5. The van der Waals surface area contributed by atoms with Crippen LogP contribution < -0.4 is 5.32 Å². The highest BCUT2D eigenvalue weighted by Crippen LogP contribution is 2.22. The number of rotatable bonds is 4. The minimum atomic E-state index is -1.08. The van der Waals surface area contributed by atoms with E-state index in [1.54, 1.807) is 6.92 Å². The fourth-order valence-electron chi connectivity index (χ4n) is 1.52. The molecule has 0 aromatic carbocycles. The lowest BCUT2D eigenvalue weighted by molar-refractivity contribution is 0.0529. The average Bonchev–Trinajstić information content (AvgIpc) is 2.96. The van der Waals surface area contributed by atoms with Gasteiger partial charge in [-0.1, -0.05) is 11.6 Å². The zero-order valence-electron chi connectivity index (χ0n) is 9.74. The molecule has 0 radical (unpaired) electrons. The Bertz CT molecular complexity index is 534. The van der Waals surface area contributed by atoms with Crippen LogP contribution in [0.4, 0.5) is 0 Å². The van der Waals surface area contributed by atoms with Crippen molar-refractivity contribution in [2.75, 3.05) is 6.54 Å². The van der Waals surface area contributed by atoms with E-state index in [1.807, 2.05) is 16.8 Å². The third-order valence-corrected chi connectivity index (χ3v) is 3.53. The van der Waals surface area contributed by atoms with Crippen molar-refractivity contribution in [3.63, 3.8) is 0 Å². The van der Waals surface area contributed by atoms with Crippen LogP contribution in [0.3, 0.4) is 0 Å². The highest BCUT2D eigenvalue weighted by atomic mass is 35.5. The molecule has 96 valence electrons. The second kappa shape index (κ2) is 5.14. The summed E-state index contributed by atoms with van der Waals surface area (Å²) in [6, 6.07) is 3.37. The fraction of sp³-hybridized carbons (Fsp3) is 0.250. The van der Waals surface area contributed by atoms with E-state index in [0.29, 0.717) is 10.7 Å². The van der Waals surface area contributed by atoms with Gasteiger partial charge in [-0.05, 0) is 35.4 Å². The number of H-pyrrole nitrogens is 1. The number of aromatic amines is 1. The molecule has 0 fully saturated rings. The molecule has 2 rings (SSSR count). The molecule has 1 atom stereocenters. The van der Waals surface area contributed by atoms with Crippen LogP contribution in [0.1, 0.15) is 23.0 Å². The molecule has 0 aliphatic carbocycles. The number of thiophene rings is 1. The first-order chi connectivity index (χ1) is 8.49. The summed E-state index contributed by atoms with van der Waals surface area (Å²) < 4.78 is 0. The van der Waals surface area contributed by atoms with Gasteiger partial charge in [0.25, 0.3) is 5.91 Å². The van der Waals surface area contributed by atoms with E-state index in [9.17, 15) is 9.90 Å². The van der Waals surface area contributed by atoms with Crippen LogP contribution in [0.15, 0.2) is 29.1 Å². The lowest BCUT2D eigenvalue weighted by Gasteiger charge is -2.22. The van der Waals surface area contributed by atoms with Crippen LogP contribution in [0.2, 0.25) is 5.02 Å². The molecule has 3 N–H and O–H groups in total. The Kier molecular flexibility index (Phi) is 3.75. The van der Waals surface area contributed by atoms with Gasteiger partial charge in [-0.3, -0.25) is 4.79 Å². The molecule has 2 aromatic heterocycles. The summed E-state index contributed by atoms with van der Waals surface area (Å²) in [6.07, 6.45) is 1.54. The summed E-state index contributed by atoms with van der Waals surface area (Å²) in [6.45, 7) is 1.80. The third-order valence-electron chi connectivity index (χ3n) is 2.63. The maximum atomic E-state index is 11.8. The van der Waals surface area contributed by atoms with Gasteiger partial charge in [-0.25, -0.2) is 0 Å². The van der Waals surface area contributed by atoms with Crippen molar-refractivity contribution < 1.29 is 9.90 Å². The SMILES string of the molecule is CC(O)(CNC(=O)c1cc(Cl)c[nH]1)c1ccsc1. The normalized spacial score (nSPS) is 14.2. The number of hydrogen-bond donors (Lipinski definition) is 3. The van der Waals surface area contributed by atoms with E-state index < -0.39 is 5.60 Å². The minimum absolute atomic E-state index is 0.138. The standard InChI is InChI=1S/C12H13ClN2O2S/c1-12(17,8-2-3-18-6-8)7-15-11(16)10-4-9(13)5-14-10/h2-6,14,17H,7H2,1H3,(H,15,16). The van der Waals surface area contributed by atoms with Crippen LogP contribution in [0.25, 0.3) is 0 Å². The van der Waals surface area contributed by atoms with Crippen LogP contribution in [0, 0.1) is 0 Å². The molecule has 0 bridgehead atoms. The van der Waals surface area contributed by atoms with Crippen LogP contribution in [-0.2, 0) is 5.60 Å². The number of aromatic nitrogens is 1. The van der Waals surface area contributed by atoms with E-state index in [0.717, 1.165) is 5.56 Å². The second-order valence-electron chi connectivity index (χ2n) is 4.20. The van der Waals surface area contributed by atoms with E-state index in [4.69, 9.17) is 11.6 Å². The molecule has 0 saturated heterocycles. The molecule has 1 unspecified atom stereocenters. The number of halogens is 1. The number of amides is 1. The van der Waals surface area contributed by atoms with E-state index in [-0.39, 0.29) is 12.5 Å².